The largest absolute Gasteiger partial charge is 0.466 e. The van der Waals surface area contributed by atoms with E-state index in [0.29, 0.717) is 10.6 Å². The highest BCUT2D eigenvalue weighted by atomic mass is 35.5. The number of hydrogen-bond acceptors (Lipinski definition) is 3. The Morgan fingerprint density at radius 1 is 1.35 bits per heavy atom. The Morgan fingerprint density at radius 3 is 2.55 bits per heavy atom. The lowest BCUT2D eigenvalue weighted by molar-refractivity contribution is 0.100. The molecule has 5 heteroatoms. The molecule has 1 aromatic carbocycles. The van der Waals surface area contributed by atoms with Crippen LogP contribution in [-0.2, 0) is 0 Å². The summed E-state index contributed by atoms with van der Waals surface area (Å²) in [6.07, 6.45) is 0. The van der Waals surface area contributed by atoms with Crippen molar-refractivity contribution in [1.82, 2.24) is 0 Å². The Balaban J connectivity index is 2.20. The second-order valence-corrected chi connectivity index (χ2v) is 5.20. The molecule has 1 amide bonds. The van der Waals surface area contributed by atoms with Gasteiger partial charge in [-0.25, -0.2) is 0 Å². The zero-order valence-electron chi connectivity index (χ0n) is 11.7. The van der Waals surface area contributed by atoms with Gasteiger partial charge in [-0.3, -0.25) is 4.79 Å². The van der Waals surface area contributed by atoms with E-state index in [1.807, 2.05) is 26.8 Å². The van der Waals surface area contributed by atoms with Gasteiger partial charge in [0.25, 0.3) is 0 Å². The van der Waals surface area contributed by atoms with E-state index >= 15 is 0 Å². The highest BCUT2D eigenvalue weighted by Gasteiger charge is 2.13. The summed E-state index contributed by atoms with van der Waals surface area (Å²) in [6.45, 7) is 5.89. The maximum atomic E-state index is 11.1. The van der Waals surface area contributed by atoms with E-state index in [0.717, 1.165) is 22.8 Å². The molecule has 2 aromatic rings. The molecule has 3 N–H and O–H groups in total. The fourth-order valence-electron chi connectivity index (χ4n) is 2.21. The van der Waals surface area contributed by atoms with Crippen molar-refractivity contribution >= 4 is 23.2 Å². The molecule has 0 bridgehead atoms. The molecule has 4 nitrogen and oxygen atoms in total. The minimum Gasteiger partial charge on any atom is -0.466 e. The van der Waals surface area contributed by atoms with Gasteiger partial charge < -0.3 is 15.5 Å². The predicted octanol–water partition coefficient (Wildman–Crippen LogP) is 3.82. The van der Waals surface area contributed by atoms with Gasteiger partial charge in [0.1, 0.15) is 11.5 Å². The maximum absolute atomic E-state index is 11.1. The van der Waals surface area contributed by atoms with Crippen LogP contribution in [0.15, 0.2) is 28.7 Å². The van der Waals surface area contributed by atoms with Crippen LogP contribution in [0, 0.1) is 13.8 Å². The van der Waals surface area contributed by atoms with Gasteiger partial charge in [0.05, 0.1) is 16.6 Å². The van der Waals surface area contributed by atoms with Crippen molar-refractivity contribution in [3.8, 4) is 0 Å². The number of anilines is 1. The van der Waals surface area contributed by atoms with Crippen molar-refractivity contribution in [3.05, 3.63) is 51.9 Å². The van der Waals surface area contributed by atoms with Crippen LogP contribution in [0.1, 0.15) is 40.4 Å². The van der Waals surface area contributed by atoms with Crippen LogP contribution in [0.4, 0.5) is 5.69 Å². The van der Waals surface area contributed by atoms with E-state index in [4.69, 9.17) is 21.8 Å². The zero-order chi connectivity index (χ0) is 14.9. The van der Waals surface area contributed by atoms with Crippen molar-refractivity contribution in [2.45, 2.75) is 26.8 Å². The maximum Gasteiger partial charge on any atom is 0.250 e. The third-order valence-corrected chi connectivity index (χ3v) is 3.48. The van der Waals surface area contributed by atoms with Crippen LogP contribution in [0.5, 0.6) is 0 Å². The van der Waals surface area contributed by atoms with Crippen molar-refractivity contribution < 1.29 is 9.21 Å². The third kappa shape index (κ3) is 2.96. The quantitative estimate of drug-likeness (QED) is 0.900. The monoisotopic (exact) mass is 292 g/mol. The van der Waals surface area contributed by atoms with E-state index in [1.165, 1.54) is 0 Å². The first-order valence-corrected chi connectivity index (χ1v) is 6.69. The molecule has 1 heterocycles. The number of primary amides is 1. The summed E-state index contributed by atoms with van der Waals surface area (Å²) in [5.74, 6) is 1.24. The van der Waals surface area contributed by atoms with Gasteiger partial charge in [-0.15, -0.1) is 0 Å². The lowest BCUT2D eigenvalue weighted by Crippen LogP contribution is -2.12. The average molecular weight is 293 g/mol. The Bertz CT molecular complexity index is 649. The molecule has 0 aliphatic rings. The number of nitrogens with one attached hydrogen (secondary N) is 1. The van der Waals surface area contributed by atoms with Gasteiger partial charge in [0.15, 0.2) is 0 Å². The number of rotatable bonds is 4. The zero-order valence-corrected chi connectivity index (χ0v) is 12.4. The number of benzene rings is 1. The molecule has 0 saturated carbocycles. The number of amides is 1. The molecule has 0 saturated heterocycles. The van der Waals surface area contributed by atoms with Gasteiger partial charge in [-0.2, -0.15) is 0 Å². The molecule has 0 radical (unpaired) electrons. The van der Waals surface area contributed by atoms with E-state index in [1.54, 1.807) is 18.2 Å². The number of hydrogen-bond donors (Lipinski definition) is 2. The molecule has 0 fully saturated rings. The normalized spacial score (nSPS) is 12.2. The average Bonchev–Trinajstić information content (AvgIpc) is 2.68. The minimum absolute atomic E-state index is 0.0722. The van der Waals surface area contributed by atoms with Crippen molar-refractivity contribution in [2.75, 3.05) is 5.32 Å². The van der Waals surface area contributed by atoms with Crippen LogP contribution in [0.2, 0.25) is 5.02 Å². The van der Waals surface area contributed by atoms with E-state index in [-0.39, 0.29) is 6.04 Å². The first-order chi connectivity index (χ1) is 9.38. The van der Waals surface area contributed by atoms with Gasteiger partial charge in [0, 0.05) is 11.3 Å². The summed E-state index contributed by atoms with van der Waals surface area (Å²) in [5.41, 5.74) is 7.46. The van der Waals surface area contributed by atoms with E-state index < -0.39 is 5.91 Å². The van der Waals surface area contributed by atoms with Crippen LogP contribution < -0.4 is 11.1 Å². The molecular weight excluding hydrogens is 276 g/mol. The first-order valence-electron chi connectivity index (χ1n) is 6.31. The number of nitrogens with two attached hydrogens (primary N) is 1. The molecular formula is C15H17ClN2O2. The van der Waals surface area contributed by atoms with Crippen LogP contribution in [-0.4, -0.2) is 5.91 Å². The molecule has 0 aliphatic carbocycles. The number of carbonyl (C=O) groups is 1. The van der Waals surface area contributed by atoms with E-state index in [2.05, 4.69) is 5.32 Å². The first kappa shape index (κ1) is 14.5. The summed E-state index contributed by atoms with van der Waals surface area (Å²) in [5, 5.41) is 3.67. The predicted molar refractivity (Wildman–Crippen MR) is 80.2 cm³/mol. The summed E-state index contributed by atoms with van der Waals surface area (Å²) in [6, 6.07) is 7.17. The molecule has 106 valence electrons. The number of halogens is 1. The van der Waals surface area contributed by atoms with Gasteiger partial charge in [-0.1, -0.05) is 11.6 Å². The summed E-state index contributed by atoms with van der Waals surface area (Å²) >= 11 is 6.03. The van der Waals surface area contributed by atoms with Crippen LogP contribution in [0.3, 0.4) is 0 Å². The second kappa shape index (κ2) is 5.59. The minimum atomic E-state index is -0.532. The Morgan fingerprint density at radius 2 is 2.05 bits per heavy atom. The Labute approximate surface area is 122 Å². The van der Waals surface area contributed by atoms with E-state index in [9.17, 15) is 4.79 Å². The summed E-state index contributed by atoms with van der Waals surface area (Å²) in [4.78, 5) is 11.1. The van der Waals surface area contributed by atoms with Crippen molar-refractivity contribution in [3.63, 3.8) is 0 Å². The molecule has 1 atom stereocenters. The number of aryl methyl sites for hydroxylation is 2. The molecule has 1 unspecified atom stereocenters. The molecule has 2 rings (SSSR count). The molecule has 20 heavy (non-hydrogen) atoms. The van der Waals surface area contributed by atoms with Gasteiger partial charge in [0.2, 0.25) is 5.91 Å². The lowest BCUT2D eigenvalue weighted by atomic mass is 10.1. The van der Waals surface area contributed by atoms with Crippen LogP contribution in [0.25, 0.3) is 0 Å². The highest BCUT2D eigenvalue weighted by molar-refractivity contribution is 6.34. The van der Waals surface area contributed by atoms with Crippen molar-refractivity contribution in [1.29, 1.82) is 0 Å². The molecule has 1 aromatic heterocycles. The standard InChI is InChI=1S/C15H17ClN2O2/c1-8-6-13(10(3)20-8)9(2)18-11-4-5-12(15(17)19)14(16)7-11/h4-7,9,18H,1-3H3,(H2,17,19). The fraction of sp³-hybridized carbons (Fsp3) is 0.267. The number of carbonyl (C=O) groups excluding carboxylic acids is 1. The topological polar surface area (TPSA) is 68.3 Å². The number of furan rings is 1. The Kier molecular flexibility index (Phi) is 4.04. The smallest absolute Gasteiger partial charge is 0.250 e. The lowest BCUT2D eigenvalue weighted by Gasteiger charge is -2.15. The fourth-order valence-corrected chi connectivity index (χ4v) is 2.49. The highest BCUT2D eigenvalue weighted by Crippen LogP contribution is 2.27. The van der Waals surface area contributed by atoms with Gasteiger partial charge in [-0.05, 0) is 45.0 Å². The summed E-state index contributed by atoms with van der Waals surface area (Å²) in [7, 11) is 0. The SMILES string of the molecule is Cc1cc(C(C)Nc2ccc(C(N)=O)c(Cl)c2)c(C)o1. The van der Waals surface area contributed by atoms with Crippen molar-refractivity contribution in [2.24, 2.45) is 5.73 Å². The van der Waals surface area contributed by atoms with Crippen LogP contribution >= 0.6 is 11.6 Å². The summed E-state index contributed by atoms with van der Waals surface area (Å²) < 4.78 is 5.52. The second-order valence-electron chi connectivity index (χ2n) is 4.79. The van der Waals surface area contributed by atoms with Gasteiger partial charge >= 0.3 is 0 Å². The molecule has 0 spiro atoms. The molecule has 0 aliphatic heterocycles. The Hall–Kier alpha value is -1.94. The third-order valence-electron chi connectivity index (χ3n) is 3.16.